The zero-order chi connectivity index (χ0) is 7.14. The van der Waals surface area contributed by atoms with E-state index in [1.165, 1.54) is 12.8 Å². The van der Waals surface area contributed by atoms with Crippen molar-refractivity contribution in [2.75, 3.05) is 0 Å². The quantitative estimate of drug-likeness (QED) is 0.536. The van der Waals surface area contributed by atoms with Gasteiger partial charge in [-0.1, -0.05) is 0 Å². The average molecular weight is 138 g/mol. The maximum Gasteiger partial charge on any atom is 0.0943 e. The Hall–Kier alpha value is -0.530. The largest absolute Gasteiger partial charge is 0.387 e. The number of fused-ring (bicyclic) bond motifs is 1. The second-order valence-electron chi connectivity index (χ2n) is 3.67. The molecular weight excluding hydrogens is 124 g/mol. The third-order valence-electron chi connectivity index (χ3n) is 2.57. The first-order valence-corrected chi connectivity index (χ1v) is 4.08. The van der Waals surface area contributed by atoms with Crippen LogP contribution in [0.2, 0.25) is 0 Å². The predicted molar refractivity (Wildman–Crippen MR) is 41.9 cm³/mol. The molecular formula is C8H14N2. The number of nitrogens with two attached hydrogens (primary N) is 1. The van der Waals surface area contributed by atoms with Crippen LogP contribution < -0.4 is 5.73 Å². The molecule has 56 valence electrons. The lowest BCUT2D eigenvalue weighted by Crippen LogP contribution is -2.13. The molecule has 0 amide bonds. The fourth-order valence-corrected chi connectivity index (χ4v) is 1.94. The van der Waals surface area contributed by atoms with Gasteiger partial charge in [-0.25, -0.2) is 0 Å². The standard InChI is InChI=1S/C8H14N2/c1-5-2-6-3-7(6)4-8(9)10-5/h5-7H,2-4H2,1H3,(H2,9,10)/t5-,6?,7?/m0/s1. The lowest BCUT2D eigenvalue weighted by Gasteiger charge is -2.02. The van der Waals surface area contributed by atoms with Gasteiger partial charge in [0.15, 0.2) is 0 Å². The van der Waals surface area contributed by atoms with Gasteiger partial charge < -0.3 is 5.73 Å². The molecule has 1 heterocycles. The summed E-state index contributed by atoms with van der Waals surface area (Å²) < 4.78 is 0. The van der Waals surface area contributed by atoms with Crippen LogP contribution >= 0.6 is 0 Å². The van der Waals surface area contributed by atoms with E-state index >= 15 is 0 Å². The Morgan fingerprint density at radius 1 is 1.40 bits per heavy atom. The summed E-state index contributed by atoms with van der Waals surface area (Å²) in [6.07, 6.45) is 3.74. The first-order chi connectivity index (χ1) is 4.75. The summed E-state index contributed by atoms with van der Waals surface area (Å²) >= 11 is 0. The molecule has 2 heteroatoms. The van der Waals surface area contributed by atoms with E-state index in [0.717, 1.165) is 24.1 Å². The molecule has 1 fully saturated rings. The summed E-state index contributed by atoms with van der Waals surface area (Å²) in [6.45, 7) is 2.16. The van der Waals surface area contributed by atoms with E-state index in [9.17, 15) is 0 Å². The molecule has 2 rings (SSSR count). The van der Waals surface area contributed by atoms with Gasteiger partial charge in [-0.05, 0) is 31.6 Å². The molecule has 1 aliphatic carbocycles. The highest BCUT2D eigenvalue weighted by Crippen LogP contribution is 2.46. The summed E-state index contributed by atoms with van der Waals surface area (Å²) in [5.41, 5.74) is 5.69. The van der Waals surface area contributed by atoms with Crippen molar-refractivity contribution in [1.29, 1.82) is 0 Å². The fourth-order valence-electron chi connectivity index (χ4n) is 1.94. The smallest absolute Gasteiger partial charge is 0.0943 e. The van der Waals surface area contributed by atoms with E-state index < -0.39 is 0 Å². The van der Waals surface area contributed by atoms with Crippen molar-refractivity contribution < 1.29 is 0 Å². The number of nitrogens with zero attached hydrogens (tertiary/aromatic N) is 1. The highest BCUT2D eigenvalue weighted by Gasteiger charge is 2.39. The van der Waals surface area contributed by atoms with Crippen LogP contribution in [-0.2, 0) is 0 Å². The summed E-state index contributed by atoms with van der Waals surface area (Å²) in [7, 11) is 0. The Labute approximate surface area is 61.5 Å². The molecule has 3 atom stereocenters. The first-order valence-electron chi connectivity index (χ1n) is 4.08. The fraction of sp³-hybridized carbons (Fsp3) is 0.875. The number of aliphatic imine (C=N–C) groups is 1. The van der Waals surface area contributed by atoms with Gasteiger partial charge in [-0.15, -0.1) is 0 Å². The first kappa shape index (κ1) is 6.20. The molecule has 0 bridgehead atoms. The van der Waals surface area contributed by atoms with Gasteiger partial charge in [0.1, 0.15) is 0 Å². The van der Waals surface area contributed by atoms with Gasteiger partial charge in [0.05, 0.1) is 5.84 Å². The molecule has 10 heavy (non-hydrogen) atoms. The van der Waals surface area contributed by atoms with E-state index in [1.54, 1.807) is 0 Å². The Bertz CT molecular complexity index is 174. The normalized spacial score (nSPS) is 45.3. The van der Waals surface area contributed by atoms with E-state index in [1.807, 2.05) is 0 Å². The molecule has 1 saturated carbocycles. The van der Waals surface area contributed by atoms with Crippen molar-refractivity contribution in [3.8, 4) is 0 Å². The Morgan fingerprint density at radius 3 is 3.00 bits per heavy atom. The van der Waals surface area contributed by atoms with Crippen molar-refractivity contribution in [2.24, 2.45) is 22.6 Å². The third-order valence-corrected chi connectivity index (χ3v) is 2.57. The maximum absolute atomic E-state index is 5.69. The predicted octanol–water partition coefficient (Wildman–Crippen LogP) is 1.16. The highest BCUT2D eigenvalue weighted by atomic mass is 14.9. The molecule has 0 radical (unpaired) electrons. The van der Waals surface area contributed by atoms with Crippen LogP contribution in [0.3, 0.4) is 0 Å². The van der Waals surface area contributed by atoms with Crippen LogP contribution in [0.15, 0.2) is 4.99 Å². The second-order valence-corrected chi connectivity index (χ2v) is 3.67. The van der Waals surface area contributed by atoms with E-state index in [-0.39, 0.29) is 0 Å². The van der Waals surface area contributed by atoms with Crippen LogP contribution in [0.1, 0.15) is 26.2 Å². The van der Waals surface area contributed by atoms with Crippen molar-refractivity contribution in [1.82, 2.24) is 0 Å². The van der Waals surface area contributed by atoms with E-state index in [2.05, 4.69) is 11.9 Å². The minimum atomic E-state index is 0.484. The maximum atomic E-state index is 5.69. The lowest BCUT2D eigenvalue weighted by atomic mass is 10.1. The van der Waals surface area contributed by atoms with Crippen LogP contribution in [0, 0.1) is 11.8 Å². The van der Waals surface area contributed by atoms with Crippen LogP contribution in [0.5, 0.6) is 0 Å². The number of amidine groups is 1. The molecule has 0 aromatic rings. The SMILES string of the molecule is C[C@H]1CC2CC2CC(N)=N1. The minimum Gasteiger partial charge on any atom is -0.387 e. The number of hydrogen-bond donors (Lipinski definition) is 1. The zero-order valence-corrected chi connectivity index (χ0v) is 6.38. The van der Waals surface area contributed by atoms with E-state index in [0.29, 0.717) is 6.04 Å². The van der Waals surface area contributed by atoms with Crippen molar-refractivity contribution in [2.45, 2.75) is 32.2 Å². The topological polar surface area (TPSA) is 38.4 Å². The molecule has 1 aliphatic heterocycles. The second kappa shape index (κ2) is 1.97. The van der Waals surface area contributed by atoms with Gasteiger partial charge in [-0.2, -0.15) is 0 Å². The molecule has 2 nitrogen and oxygen atoms in total. The third kappa shape index (κ3) is 1.02. The van der Waals surface area contributed by atoms with Crippen molar-refractivity contribution in [3.63, 3.8) is 0 Å². The monoisotopic (exact) mass is 138 g/mol. The summed E-state index contributed by atoms with van der Waals surface area (Å²) in [4.78, 5) is 4.35. The molecule has 0 aromatic heterocycles. The van der Waals surface area contributed by atoms with Gasteiger partial charge in [-0.3, -0.25) is 4.99 Å². The summed E-state index contributed by atoms with van der Waals surface area (Å²) in [6, 6.07) is 0.484. The van der Waals surface area contributed by atoms with Crippen molar-refractivity contribution >= 4 is 5.84 Å². The summed E-state index contributed by atoms with van der Waals surface area (Å²) in [5, 5.41) is 0. The van der Waals surface area contributed by atoms with Crippen LogP contribution in [-0.4, -0.2) is 11.9 Å². The molecule has 0 aromatic carbocycles. The summed E-state index contributed by atoms with van der Waals surface area (Å²) in [5.74, 6) is 2.74. The zero-order valence-electron chi connectivity index (χ0n) is 6.38. The number of rotatable bonds is 0. The van der Waals surface area contributed by atoms with Crippen LogP contribution in [0.25, 0.3) is 0 Å². The average Bonchev–Trinajstić information content (AvgIpc) is 2.43. The van der Waals surface area contributed by atoms with Gasteiger partial charge in [0.2, 0.25) is 0 Å². The molecule has 2 unspecified atom stereocenters. The Balaban J connectivity index is 2.09. The van der Waals surface area contributed by atoms with Gasteiger partial charge in [0, 0.05) is 12.5 Å². The molecule has 2 N–H and O–H groups in total. The van der Waals surface area contributed by atoms with Crippen LogP contribution in [0.4, 0.5) is 0 Å². The van der Waals surface area contributed by atoms with E-state index in [4.69, 9.17) is 5.73 Å². The lowest BCUT2D eigenvalue weighted by molar-refractivity contribution is 0.595. The Kier molecular flexibility index (Phi) is 1.22. The molecule has 0 spiro atoms. The number of hydrogen-bond acceptors (Lipinski definition) is 2. The Morgan fingerprint density at radius 2 is 2.20 bits per heavy atom. The minimum absolute atomic E-state index is 0.484. The highest BCUT2D eigenvalue weighted by molar-refractivity contribution is 5.81. The van der Waals surface area contributed by atoms with Crippen molar-refractivity contribution in [3.05, 3.63) is 0 Å². The molecule has 0 saturated heterocycles. The molecule has 2 aliphatic rings. The van der Waals surface area contributed by atoms with Gasteiger partial charge in [0.25, 0.3) is 0 Å². The van der Waals surface area contributed by atoms with Gasteiger partial charge >= 0.3 is 0 Å².